The zero-order chi connectivity index (χ0) is 9.26. The average molecular weight is 180 g/mol. The van der Waals surface area contributed by atoms with Gasteiger partial charge in [-0.3, -0.25) is 0 Å². The average Bonchev–Trinajstić information content (AvgIpc) is 2.56. The van der Waals surface area contributed by atoms with Gasteiger partial charge in [0.15, 0.2) is 5.76 Å². The van der Waals surface area contributed by atoms with Crippen LogP contribution in [0.25, 0.3) is 11.3 Å². The zero-order valence-corrected chi connectivity index (χ0v) is 6.42. The molecule has 2 aromatic rings. The van der Waals surface area contributed by atoms with Gasteiger partial charge in [0.05, 0.1) is 5.56 Å². The number of hydrogen-bond donors (Lipinski definition) is 0. The molecule has 1 aromatic carbocycles. The summed E-state index contributed by atoms with van der Waals surface area (Å²) >= 11 is 0. The zero-order valence-electron chi connectivity index (χ0n) is 6.42. The van der Waals surface area contributed by atoms with Gasteiger partial charge in [-0.15, -0.1) is 0 Å². The molecular formula is C9H4F2NO. The van der Waals surface area contributed by atoms with Crippen LogP contribution in [-0.4, -0.2) is 5.16 Å². The largest absolute Gasteiger partial charge is 0.355 e. The number of rotatable bonds is 1. The van der Waals surface area contributed by atoms with Crippen molar-refractivity contribution in [3.63, 3.8) is 0 Å². The highest BCUT2D eigenvalue weighted by Crippen LogP contribution is 2.22. The smallest absolute Gasteiger partial charge is 0.170 e. The van der Waals surface area contributed by atoms with Gasteiger partial charge in [0.25, 0.3) is 0 Å². The quantitative estimate of drug-likeness (QED) is 0.673. The second-order valence-electron chi connectivity index (χ2n) is 2.44. The van der Waals surface area contributed by atoms with Crippen LogP contribution in [0.5, 0.6) is 0 Å². The molecule has 0 unspecified atom stereocenters. The fraction of sp³-hybridized carbons (Fsp3) is 0. The van der Waals surface area contributed by atoms with Crippen molar-refractivity contribution >= 4 is 0 Å². The number of aromatic nitrogens is 1. The monoisotopic (exact) mass is 180 g/mol. The van der Waals surface area contributed by atoms with Crippen molar-refractivity contribution in [1.82, 2.24) is 5.16 Å². The van der Waals surface area contributed by atoms with Gasteiger partial charge in [-0.2, -0.15) is 0 Å². The molecule has 1 aromatic heterocycles. The Morgan fingerprint density at radius 3 is 2.77 bits per heavy atom. The molecule has 2 nitrogen and oxygen atoms in total. The van der Waals surface area contributed by atoms with E-state index >= 15 is 0 Å². The minimum atomic E-state index is -0.676. The summed E-state index contributed by atoms with van der Waals surface area (Å²) in [5, 5.41) is 3.30. The molecule has 0 N–H and O–H groups in total. The summed E-state index contributed by atoms with van der Waals surface area (Å²) in [5.41, 5.74) is 0.176. The van der Waals surface area contributed by atoms with Crippen molar-refractivity contribution in [1.29, 1.82) is 0 Å². The Labute approximate surface area is 72.8 Å². The Hall–Kier alpha value is -1.71. The normalized spacial score (nSPS) is 10.3. The van der Waals surface area contributed by atoms with Crippen molar-refractivity contribution < 1.29 is 13.3 Å². The molecule has 4 heteroatoms. The second kappa shape index (κ2) is 2.97. The maximum atomic E-state index is 13.1. The van der Waals surface area contributed by atoms with Crippen molar-refractivity contribution in [3.8, 4) is 11.3 Å². The van der Waals surface area contributed by atoms with Crippen LogP contribution in [0.2, 0.25) is 0 Å². The highest BCUT2D eigenvalue weighted by molar-refractivity contribution is 5.57. The summed E-state index contributed by atoms with van der Waals surface area (Å²) in [6, 6.07) is 4.62. The molecule has 0 atom stereocenters. The number of benzene rings is 1. The van der Waals surface area contributed by atoms with Crippen LogP contribution in [0.4, 0.5) is 8.78 Å². The molecule has 0 bridgehead atoms. The third-order valence-corrected chi connectivity index (χ3v) is 1.59. The first-order chi connectivity index (χ1) is 6.27. The third kappa shape index (κ3) is 1.42. The van der Waals surface area contributed by atoms with Gasteiger partial charge >= 0.3 is 0 Å². The predicted octanol–water partition coefficient (Wildman–Crippen LogP) is 2.42. The Balaban J connectivity index is 2.53. The second-order valence-corrected chi connectivity index (χ2v) is 2.44. The van der Waals surface area contributed by atoms with Crippen molar-refractivity contribution in [2.75, 3.05) is 0 Å². The molecule has 13 heavy (non-hydrogen) atoms. The molecule has 0 aliphatic carbocycles. The molecular weight excluding hydrogens is 176 g/mol. The van der Waals surface area contributed by atoms with E-state index in [1.54, 1.807) is 0 Å². The molecule has 1 radical (unpaired) electrons. The van der Waals surface area contributed by atoms with Crippen LogP contribution in [0.15, 0.2) is 28.8 Å². The lowest BCUT2D eigenvalue weighted by atomic mass is 10.1. The van der Waals surface area contributed by atoms with Crippen LogP contribution < -0.4 is 0 Å². The summed E-state index contributed by atoms with van der Waals surface area (Å²) < 4.78 is 30.2. The summed E-state index contributed by atoms with van der Waals surface area (Å²) in [6.45, 7) is 0. The third-order valence-electron chi connectivity index (χ3n) is 1.59. The Morgan fingerprint density at radius 2 is 2.15 bits per heavy atom. The maximum Gasteiger partial charge on any atom is 0.170 e. The molecule has 2 rings (SSSR count). The Kier molecular flexibility index (Phi) is 1.81. The van der Waals surface area contributed by atoms with E-state index in [1.165, 1.54) is 12.1 Å². The van der Waals surface area contributed by atoms with Crippen LogP contribution in [0.3, 0.4) is 0 Å². The Bertz CT molecular complexity index is 412. The molecule has 65 valence electrons. The molecule has 0 saturated carbocycles. The van der Waals surface area contributed by atoms with E-state index in [9.17, 15) is 8.78 Å². The molecule has 1 heterocycles. The Morgan fingerprint density at radius 1 is 1.31 bits per heavy atom. The van der Waals surface area contributed by atoms with E-state index in [2.05, 4.69) is 15.9 Å². The van der Waals surface area contributed by atoms with Crippen molar-refractivity contribution in [2.24, 2.45) is 0 Å². The van der Waals surface area contributed by atoms with Gasteiger partial charge in [-0.05, 0) is 12.1 Å². The number of nitrogens with zero attached hydrogens (tertiary/aromatic N) is 1. The predicted molar refractivity (Wildman–Crippen MR) is 40.7 cm³/mol. The highest BCUT2D eigenvalue weighted by Gasteiger charge is 2.08. The van der Waals surface area contributed by atoms with Crippen molar-refractivity contribution in [2.45, 2.75) is 0 Å². The van der Waals surface area contributed by atoms with Crippen molar-refractivity contribution in [3.05, 3.63) is 42.1 Å². The molecule has 0 aliphatic rings. The number of halogens is 2. The standard InChI is InChI=1S/C9H4F2NO/c10-6-1-2-7(8(11)5-6)9-3-4-12-13-9/h1-3,5H. The van der Waals surface area contributed by atoms with Gasteiger partial charge in [0.1, 0.15) is 17.8 Å². The topological polar surface area (TPSA) is 26.0 Å². The highest BCUT2D eigenvalue weighted by atomic mass is 19.1. The first-order valence-electron chi connectivity index (χ1n) is 3.55. The number of hydrogen-bond acceptors (Lipinski definition) is 2. The summed E-state index contributed by atoms with van der Waals surface area (Å²) in [6.07, 6.45) is 2.39. The summed E-state index contributed by atoms with van der Waals surface area (Å²) in [7, 11) is 0. The molecule has 0 aliphatic heterocycles. The molecule has 0 saturated heterocycles. The van der Waals surface area contributed by atoms with E-state index in [0.29, 0.717) is 0 Å². The molecule has 0 spiro atoms. The van der Waals surface area contributed by atoms with Gasteiger partial charge in [0.2, 0.25) is 0 Å². The lowest BCUT2D eigenvalue weighted by Crippen LogP contribution is -1.83. The first-order valence-corrected chi connectivity index (χ1v) is 3.55. The van der Waals surface area contributed by atoms with Gasteiger partial charge in [-0.25, -0.2) is 8.78 Å². The lowest BCUT2D eigenvalue weighted by molar-refractivity contribution is 0.428. The van der Waals surface area contributed by atoms with Crippen LogP contribution in [0.1, 0.15) is 0 Å². The van der Waals surface area contributed by atoms with Crippen LogP contribution in [-0.2, 0) is 0 Å². The lowest BCUT2D eigenvalue weighted by Gasteiger charge is -1.96. The summed E-state index contributed by atoms with van der Waals surface area (Å²) in [4.78, 5) is 0. The maximum absolute atomic E-state index is 13.1. The van der Waals surface area contributed by atoms with E-state index in [0.717, 1.165) is 12.1 Å². The fourth-order valence-corrected chi connectivity index (χ4v) is 1.00. The van der Waals surface area contributed by atoms with Crippen LogP contribution >= 0.6 is 0 Å². The van der Waals surface area contributed by atoms with Gasteiger partial charge < -0.3 is 4.52 Å². The fourth-order valence-electron chi connectivity index (χ4n) is 1.00. The van der Waals surface area contributed by atoms with Gasteiger partial charge in [-0.1, -0.05) is 5.16 Å². The van der Waals surface area contributed by atoms with E-state index in [4.69, 9.17) is 0 Å². The van der Waals surface area contributed by atoms with E-state index in [-0.39, 0.29) is 11.3 Å². The minimum Gasteiger partial charge on any atom is -0.355 e. The molecule has 0 fully saturated rings. The first kappa shape index (κ1) is 7.91. The van der Waals surface area contributed by atoms with E-state index in [1.807, 2.05) is 0 Å². The van der Waals surface area contributed by atoms with E-state index < -0.39 is 11.6 Å². The SMILES string of the molecule is Fc1ccc(-c2c[c]no2)c(F)c1. The van der Waals surface area contributed by atoms with Crippen LogP contribution in [0, 0.1) is 17.8 Å². The minimum absolute atomic E-state index is 0.176. The summed E-state index contributed by atoms with van der Waals surface area (Å²) in [5.74, 6) is -1.06. The molecule has 0 amide bonds. The van der Waals surface area contributed by atoms with Gasteiger partial charge in [0, 0.05) is 12.1 Å².